The van der Waals surface area contributed by atoms with Gasteiger partial charge in [-0.05, 0) is 88.5 Å². The number of para-hydroxylation sites is 2. The highest BCUT2D eigenvalue weighted by molar-refractivity contribution is 6.24. The van der Waals surface area contributed by atoms with Crippen molar-refractivity contribution in [1.29, 1.82) is 0 Å². The van der Waals surface area contributed by atoms with Crippen molar-refractivity contribution in [2.24, 2.45) is 0 Å². The van der Waals surface area contributed by atoms with Gasteiger partial charge in [-0.3, -0.25) is 0 Å². The molecule has 1 heterocycles. The van der Waals surface area contributed by atoms with Crippen LogP contribution in [0.4, 0.5) is 0 Å². The van der Waals surface area contributed by atoms with Gasteiger partial charge in [-0.1, -0.05) is 178 Å². The second kappa shape index (κ2) is 10.8. The van der Waals surface area contributed by atoms with Crippen molar-refractivity contribution in [3.63, 3.8) is 0 Å². The molecule has 0 amide bonds. The van der Waals surface area contributed by atoms with Crippen LogP contribution in [0, 0.1) is 0 Å². The van der Waals surface area contributed by atoms with Crippen LogP contribution < -0.4 is 0 Å². The molecule has 11 rings (SSSR count). The molecule has 0 radical (unpaired) electrons. The first-order valence-electron chi connectivity index (χ1n) is 18.2. The first-order chi connectivity index (χ1) is 25.6. The molecular weight excluding hydrogens is 629 g/mol. The van der Waals surface area contributed by atoms with Crippen LogP contribution in [0.1, 0.15) is 25.0 Å². The van der Waals surface area contributed by atoms with Crippen molar-refractivity contribution in [2.45, 2.75) is 19.3 Å². The van der Waals surface area contributed by atoms with Crippen molar-refractivity contribution in [1.82, 2.24) is 0 Å². The Labute approximate surface area is 302 Å². The second-order valence-electron chi connectivity index (χ2n) is 14.7. The van der Waals surface area contributed by atoms with Crippen molar-refractivity contribution in [3.05, 3.63) is 181 Å². The van der Waals surface area contributed by atoms with Crippen LogP contribution in [-0.4, -0.2) is 0 Å². The van der Waals surface area contributed by atoms with Gasteiger partial charge in [0.05, 0.1) is 0 Å². The zero-order valence-corrected chi connectivity index (χ0v) is 29.1. The lowest BCUT2D eigenvalue weighted by atomic mass is 9.80. The molecule has 0 bridgehead atoms. The molecule has 10 aromatic rings. The van der Waals surface area contributed by atoms with Gasteiger partial charge in [0.2, 0.25) is 0 Å². The standard InChI is InChI=1S/C51H34O/c1-51(2)43-27-14-26-42(49(43)48-32-16-4-3-15-31(32)29-30-44(48)51)47-38-22-9-7-20-36(38)46(37-21-8-10-23-39(37)47)35-19-6-5-17-33(35)40-24-13-25-41-34-18-11-12-28-45(34)52-50(40)41/h3-30H,1-2H3. The highest BCUT2D eigenvalue weighted by Crippen LogP contribution is 2.56. The third kappa shape index (κ3) is 3.94. The Kier molecular flexibility index (Phi) is 6.08. The van der Waals surface area contributed by atoms with Gasteiger partial charge in [-0.2, -0.15) is 0 Å². The molecule has 1 nitrogen and oxygen atoms in total. The predicted molar refractivity (Wildman–Crippen MR) is 220 cm³/mol. The van der Waals surface area contributed by atoms with Crippen molar-refractivity contribution >= 4 is 54.3 Å². The van der Waals surface area contributed by atoms with Gasteiger partial charge < -0.3 is 4.42 Å². The van der Waals surface area contributed by atoms with Gasteiger partial charge in [0.25, 0.3) is 0 Å². The summed E-state index contributed by atoms with van der Waals surface area (Å²) in [7, 11) is 0. The maximum atomic E-state index is 6.60. The summed E-state index contributed by atoms with van der Waals surface area (Å²) >= 11 is 0. The minimum Gasteiger partial charge on any atom is -0.455 e. The van der Waals surface area contributed by atoms with Gasteiger partial charge in [-0.25, -0.2) is 0 Å². The molecule has 0 atom stereocenters. The lowest BCUT2D eigenvalue weighted by molar-refractivity contribution is 0.661. The second-order valence-corrected chi connectivity index (χ2v) is 14.7. The number of hydrogen-bond donors (Lipinski definition) is 0. The van der Waals surface area contributed by atoms with Crippen molar-refractivity contribution < 1.29 is 4.42 Å². The highest BCUT2D eigenvalue weighted by atomic mass is 16.3. The Morgan fingerprint density at radius 1 is 0.327 bits per heavy atom. The van der Waals surface area contributed by atoms with E-state index in [2.05, 4.69) is 178 Å². The molecule has 1 aromatic heterocycles. The third-order valence-corrected chi connectivity index (χ3v) is 11.7. The zero-order valence-electron chi connectivity index (χ0n) is 29.1. The molecular formula is C51H34O. The molecule has 244 valence electrons. The number of rotatable bonds is 3. The van der Waals surface area contributed by atoms with E-state index in [1.54, 1.807) is 0 Å². The maximum absolute atomic E-state index is 6.60. The first-order valence-corrected chi connectivity index (χ1v) is 18.2. The largest absolute Gasteiger partial charge is 0.455 e. The van der Waals surface area contributed by atoms with Gasteiger partial charge in [0.15, 0.2) is 0 Å². The van der Waals surface area contributed by atoms with E-state index in [-0.39, 0.29) is 5.41 Å². The topological polar surface area (TPSA) is 13.1 Å². The predicted octanol–water partition coefficient (Wildman–Crippen LogP) is 14.4. The number of furan rings is 1. The fourth-order valence-corrected chi connectivity index (χ4v) is 9.36. The Morgan fingerprint density at radius 2 is 0.827 bits per heavy atom. The summed E-state index contributed by atoms with van der Waals surface area (Å²) in [6.07, 6.45) is 0. The molecule has 0 N–H and O–H groups in total. The summed E-state index contributed by atoms with van der Waals surface area (Å²) < 4.78 is 6.60. The minimum atomic E-state index is -0.118. The molecule has 1 aliphatic rings. The quantitative estimate of drug-likeness (QED) is 0.172. The number of hydrogen-bond acceptors (Lipinski definition) is 1. The zero-order chi connectivity index (χ0) is 34.6. The number of benzene rings is 9. The van der Waals surface area contributed by atoms with E-state index in [9.17, 15) is 0 Å². The summed E-state index contributed by atoms with van der Waals surface area (Å²) in [5, 5.41) is 9.88. The van der Waals surface area contributed by atoms with E-state index in [4.69, 9.17) is 4.42 Å². The Balaban J connectivity index is 1.24. The van der Waals surface area contributed by atoms with Crippen LogP contribution in [0.3, 0.4) is 0 Å². The molecule has 0 saturated carbocycles. The highest BCUT2D eigenvalue weighted by Gasteiger charge is 2.38. The lowest BCUT2D eigenvalue weighted by Gasteiger charge is -2.23. The third-order valence-electron chi connectivity index (χ3n) is 11.7. The van der Waals surface area contributed by atoms with Crippen LogP contribution in [0.25, 0.3) is 98.8 Å². The fraction of sp³-hybridized carbons (Fsp3) is 0.0588. The SMILES string of the molecule is CC1(C)c2cccc(-c3c4ccccc4c(-c4ccccc4-c4cccc5c4oc4ccccc45)c4ccccc34)c2-c2c1ccc1ccccc21. The van der Waals surface area contributed by atoms with Crippen molar-refractivity contribution in [2.75, 3.05) is 0 Å². The van der Waals surface area contributed by atoms with Gasteiger partial charge in [0.1, 0.15) is 11.2 Å². The van der Waals surface area contributed by atoms with E-state index in [0.717, 1.165) is 33.1 Å². The van der Waals surface area contributed by atoms with Gasteiger partial charge >= 0.3 is 0 Å². The summed E-state index contributed by atoms with van der Waals surface area (Å²) in [5.41, 5.74) is 14.5. The summed E-state index contributed by atoms with van der Waals surface area (Å²) in [6, 6.07) is 62.3. The van der Waals surface area contributed by atoms with Crippen LogP contribution in [-0.2, 0) is 5.41 Å². The van der Waals surface area contributed by atoms with Crippen LogP contribution >= 0.6 is 0 Å². The van der Waals surface area contributed by atoms with Crippen LogP contribution in [0.2, 0.25) is 0 Å². The van der Waals surface area contributed by atoms with Crippen LogP contribution in [0.15, 0.2) is 174 Å². The molecule has 52 heavy (non-hydrogen) atoms. The number of fused-ring (bicyclic) bond motifs is 10. The summed E-state index contributed by atoms with van der Waals surface area (Å²) in [6.45, 7) is 4.77. The van der Waals surface area contributed by atoms with Gasteiger partial charge in [0, 0.05) is 21.8 Å². The van der Waals surface area contributed by atoms with Gasteiger partial charge in [-0.15, -0.1) is 0 Å². The minimum absolute atomic E-state index is 0.118. The average Bonchev–Trinajstić information content (AvgIpc) is 3.69. The van der Waals surface area contributed by atoms with E-state index in [1.807, 2.05) is 6.07 Å². The fourth-order valence-electron chi connectivity index (χ4n) is 9.36. The summed E-state index contributed by atoms with van der Waals surface area (Å²) in [4.78, 5) is 0. The normalized spacial score (nSPS) is 13.3. The van der Waals surface area contributed by atoms with E-state index in [1.165, 1.54) is 76.8 Å². The molecule has 0 spiro atoms. The molecule has 1 heteroatoms. The van der Waals surface area contributed by atoms with Crippen molar-refractivity contribution in [3.8, 4) is 44.5 Å². The Hall–Kier alpha value is -6.44. The molecule has 9 aromatic carbocycles. The molecule has 0 unspecified atom stereocenters. The lowest BCUT2D eigenvalue weighted by Crippen LogP contribution is -2.14. The molecule has 1 aliphatic carbocycles. The van der Waals surface area contributed by atoms with E-state index in [0.29, 0.717) is 0 Å². The Bertz CT molecular complexity index is 3040. The van der Waals surface area contributed by atoms with E-state index >= 15 is 0 Å². The monoisotopic (exact) mass is 662 g/mol. The smallest absolute Gasteiger partial charge is 0.143 e. The molecule has 0 aliphatic heterocycles. The average molecular weight is 663 g/mol. The van der Waals surface area contributed by atoms with Crippen LogP contribution in [0.5, 0.6) is 0 Å². The summed E-state index contributed by atoms with van der Waals surface area (Å²) in [5.74, 6) is 0. The van der Waals surface area contributed by atoms with E-state index < -0.39 is 0 Å². The first kappa shape index (κ1) is 29.3. The maximum Gasteiger partial charge on any atom is 0.143 e. The molecule has 0 saturated heterocycles. The Morgan fingerprint density at radius 3 is 1.56 bits per heavy atom. The molecule has 0 fully saturated rings.